The Hall–Kier alpha value is -1.77. The van der Waals surface area contributed by atoms with Crippen molar-refractivity contribution in [2.45, 2.75) is 24.8 Å². The van der Waals surface area contributed by atoms with Gasteiger partial charge in [-0.05, 0) is 31.6 Å². The zero-order chi connectivity index (χ0) is 15.9. The van der Waals surface area contributed by atoms with Gasteiger partial charge in [-0.1, -0.05) is 0 Å². The van der Waals surface area contributed by atoms with Crippen LogP contribution in [0.3, 0.4) is 0 Å². The van der Waals surface area contributed by atoms with Crippen LogP contribution in [0.25, 0.3) is 6.08 Å². The van der Waals surface area contributed by atoms with Gasteiger partial charge in [0.15, 0.2) is 0 Å². The van der Waals surface area contributed by atoms with Gasteiger partial charge >= 0.3 is 5.97 Å². The minimum Gasteiger partial charge on any atom is -0.478 e. The first-order valence-corrected chi connectivity index (χ1v) is 7.79. The van der Waals surface area contributed by atoms with Gasteiger partial charge in [0.25, 0.3) is 0 Å². The lowest BCUT2D eigenvalue weighted by Gasteiger charge is -2.14. The van der Waals surface area contributed by atoms with Crippen molar-refractivity contribution in [3.63, 3.8) is 0 Å². The third-order valence-electron chi connectivity index (χ3n) is 2.39. The molecular formula is C13H18N2O5S. The Labute approximate surface area is 123 Å². The van der Waals surface area contributed by atoms with Crippen molar-refractivity contribution in [2.75, 3.05) is 13.2 Å². The summed E-state index contributed by atoms with van der Waals surface area (Å²) < 4.78 is 31.9. The lowest BCUT2D eigenvalue weighted by Crippen LogP contribution is -2.36. The number of hydrogen-bond acceptors (Lipinski definition) is 5. The molecule has 1 atom stereocenters. The predicted octanol–water partition coefficient (Wildman–Crippen LogP) is 0.883. The smallest absolute Gasteiger partial charge is 0.328 e. The van der Waals surface area contributed by atoms with E-state index in [9.17, 15) is 13.2 Å². The predicted molar refractivity (Wildman–Crippen MR) is 77.2 cm³/mol. The highest BCUT2D eigenvalue weighted by molar-refractivity contribution is 7.89. The van der Waals surface area contributed by atoms with Crippen LogP contribution in [0.5, 0.6) is 0 Å². The summed E-state index contributed by atoms with van der Waals surface area (Å²) in [5.74, 6) is -1.12. The summed E-state index contributed by atoms with van der Waals surface area (Å²) in [6, 6.07) is 0.968. The quantitative estimate of drug-likeness (QED) is 0.690. The summed E-state index contributed by atoms with van der Waals surface area (Å²) >= 11 is 0. The Bertz CT molecular complexity index is 613. The van der Waals surface area contributed by atoms with E-state index in [1.807, 2.05) is 6.92 Å². The Morgan fingerprint density at radius 2 is 2.24 bits per heavy atom. The van der Waals surface area contributed by atoms with Crippen LogP contribution in [0, 0.1) is 0 Å². The van der Waals surface area contributed by atoms with E-state index in [0.717, 1.165) is 6.08 Å². The second kappa shape index (κ2) is 7.87. The van der Waals surface area contributed by atoms with Gasteiger partial charge in [-0.25, -0.2) is 17.9 Å². The van der Waals surface area contributed by atoms with Crippen molar-refractivity contribution in [3.05, 3.63) is 30.1 Å². The number of carboxylic acids is 1. The molecule has 1 unspecified atom stereocenters. The normalized spacial score (nSPS) is 13.4. The Morgan fingerprint density at radius 1 is 1.52 bits per heavy atom. The van der Waals surface area contributed by atoms with Gasteiger partial charge in [-0.3, -0.25) is 4.98 Å². The summed E-state index contributed by atoms with van der Waals surface area (Å²) in [7, 11) is -3.72. The summed E-state index contributed by atoms with van der Waals surface area (Å²) in [6.45, 7) is 4.28. The molecule has 116 valence electrons. The van der Waals surface area contributed by atoms with Crippen molar-refractivity contribution >= 4 is 22.1 Å². The lowest BCUT2D eigenvalue weighted by atomic mass is 10.2. The molecule has 21 heavy (non-hydrogen) atoms. The number of aliphatic carboxylic acids is 1. The van der Waals surface area contributed by atoms with E-state index >= 15 is 0 Å². The van der Waals surface area contributed by atoms with Crippen molar-refractivity contribution in [1.29, 1.82) is 0 Å². The molecule has 0 aliphatic heterocycles. The first-order valence-electron chi connectivity index (χ1n) is 6.31. The summed E-state index contributed by atoms with van der Waals surface area (Å²) in [5.41, 5.74) is 0.387. The van der Waals surface area contributed by atoms with Crippen LogP contribution in [0.15, 0.2) is 29.4 Å². The molecular weight excluding hydrogens is 296 g/mol. The standard InChI is InChI=1S/C13H18N2O5S/c1-3-20-9-10(2)15-21(18,19)12-6-11(7-14-8-12)4-5-13(16)17/h4-8,10,15H,3,9H2,1-2H3,(H,16,17). The number of pyridine rings is 1. The van der Waals surface area contributed by atoms with E-state index in [-0.39, 0.29) is 17.5 Å². The minimum absolute atomic E-state index is 0.0293. The first-order chi connectivity index (χ1) is 9.85. The fourth-order valence-electron chi connectivity index (χ4n) is 1.50. The third kappa shape index (κ3) is 6.03. The van der Waals surface area contributed by atoms with Crippen molar-refractivity contribution in [3.8, 4) is 0 Å². The molecule has 0 spiro atoms. The second-order valence-corrected chi connectivity index (χ2v) is 6.02. The van der Waals surface area contributed by atoms with Crippen molar-refractivity contribution in [2.24, 2.45) is 0 Å². The van der Waals surface area contributed by atoms with E-state index in [4.69, 9.17) is 9.84 Å². The molecule has 2 N–H and O–H groups in total. The molecule has 0 radical (unpaired) electrons. The highest BCUT2D eigenvalue weighted by Gasteiger charge is 2.18. The maximum Gasteiger partial charge on any atom is 0.328 e. The van der Waals surface area contributed by atoms with Crippen molar-refractivity contribution in [1.82, 2.24) is 9.71 Å². The molecule has 0 aliphatic carbocycles. The maximum atomic E-state index is 12.1. The third-order valence-corrected chi connectivity index (χ3v) is 3.95. The molecule has 0 saturated heterocycles. The molecule has 1 aromatic rings. The molecule has 1 heterocycles. The SMILES string of the molecule is CCOCC(C)NS(=O)(=O)c1cncc(C=CC(=O)O)c1. The number of ether oxygens (including phenoxy) is 1. The molecule has 8 heteroatoms. The average Bonchev–Trinajstić information content (AvgIpc) is 2.43. The molecule has 0 amide bonds. The second-order valence-electron chi connectivity index (χ2n) is 4.31. The van der Waals surface area contributed by atoms with E-state index in [0.29, 0.717) is 12.2 Å². The fourth-order valence-corrected chi connectivity index (χ4v) is 2.73. The van der Waals surface area contributed by atoms with Gasteiger partial charge in [0.05, 0.1) is 6.61 Å². The van der Waals surface area contributed by atoms with Gasteiger partial charge in [0.2, 0.25) is 10.0 Å². The van der Waals surface area contributed by atoms with E-state index in [2.05, 4.69) is 9.71 Å². The molecule has 0 fully saturated rings. The highest BCUT2D eigenvalue weighted by atomic mass is 32.2. The minimum atomic E-state index is -3.72. The summed E-state index contributed by atoms with van der Waals surface area (Å²) in [6.07, 6.45) is 4.77. The van der Waals surface area contributed by atoms with Gasteiger partial charge in [-0.15, -0.1) is 0 Å². The zero-order valence-electron chi connectivity index (χ0n) is 11.8. The first kappa shape index (κ1) is 17.3. The molecule has 0 aliphatic rings. The van der Waals surface area contributed by atoms with E-state index in [1.165, 1.54) is 24.5 Å². The topological polar surface area (TPSA) is 106 Å². The fraction of sp³-hybridized carbons (Fsp3) is 0.385. The number of carboxylic acid groups (broad SMARTS) is 1. The summed E-state index contributed by atoms with van der Waals surface area (Å²) in [4.78, 5) is 14.2. The van der Waals surface area contributed by atoms with Crippen LogP contribution in [-0.2, 0) is 19.6 Å². The molecule has 1 rings (SSSR count). The zero-order valence-corrected chi connectivity index (χ0v) is 12.6. The highest BCUT2D eigenvalue weighted by Crippen LogP contribution is 2.11. The number of hydrogen-bond donors (Lipinski definition) is 2. The van der Waals surface area contributed by atoms with Crippen LogP contribution < -0.4 is 4.72 Å². The maximum absolute atomic E-state index is 12.1. The largest absolute Gasteiger partial charge is 0.478 e. The average molecular weight is 314 g/mol. The van der Waals surface area contributed by atoms with Gasteiger partial charge in [0.1, 0.15) is 4.90 Å². The van der Waals surface area contributed by atoms with Crippen LogP contribution in [0.2, 0.25) is 0 Å². The Morgan fingerprint density at radius 3 is 2.86 bits per heavy atom. The number of nitrogens with zero attached hydrogens (tertiary/aromatic N) is 1. The number of rotatable bonds is 8. The number of sulfonamides is 1. The Kier molecular flexibility index (Phi) is 6.47. The molecule has 0 aromatic carbocycles. The van der Waals surface area contributed by atoms with Crippen LogP contribution >= 0.6 is 0 Å². The van der Waals surface area contributed by atoms with Crippen LogP contribution in [-0.4, -0.2) is 43.7 Å². The Balaban J connectivity index is 2.88. The lowest BCUT2D eigenvalue weighted by molar-refractivity contribution is -0.131. The molecule has 1 aromatic heterocycles. The summed E-state index contributed by atoms with van der Waals surface area (Å²) in [5, 5.41) is 8.55. The van der Waals surface area contributed by atoms with Crippen LogP contribution in [0.4, 0.5) is 0 Å². The number of aromatic nitrogens is 1. The van der Waals surface area contributed by atoms with Gasteiger partial charge in [-0.2, -0.15) is 0 Å². The molecule has 7 nitrogen and oxygen atoms in total. The van der Waals surface area contributed by atoms with Gasteiger partial charge < -0.3 is 9.84 Å². The monoisotopic (exact) mass is 314 g/mol. The number of carbonyl (C=O) groups is 1. The molecule has 0 bridgehead atoms. The van der Waals surface area contributed by atoms with Crippen LogP contribution in [0.1, 0.15) is 19.4 Å². The van der Waals surface area contributed by atoms with E-state index in [1.54, 1.807) is 6.92 Å². The van der Waals surface area contributed by atoms with Crippen molar-refractivity contribution < 1.29 is 23.1 Å². The van der Waals surface area contributed by atoms with E-state index < -0.39 is 16.0 Å². The molecule has 0 saturated carbocycles. The van der Waals surface area contributed by atoms with Gasteiger partial charge in [0, 0.05) is 31.1 Å². The number of nitrogens with one attached hydrogen (secondary N) is 1.